The van der Waals surface area contributed by atoms with Crippen molar-refractivity contribution >= 4 is 22.5 Å². The van der Waals surface area contributed by atoms with Crippen LogP contribution in [0.2, 0.25) is 0 Å². The smallest absolute Gasteiger partial charge is 0.356 e. The van der Waals surface area contributed by atoms with Crippen LogP contribution in [-0.2, 0) is 9.53 Å². The molecule has 4 nitrogen and oxygen atoms in total. The van der Waals surface area contributed by atoms with Crippen molar-refractivity contribution in [1.82, 2.24) is 0 Å². The zero-order valence-corrected chi connectivity index (χ0v) is 14.6. The predicted octanol–water partition coefficient (Wildman–Crippen LogP) is 4.43. The largest absolute Gasteiger partial charge is 0.480 e. The van der Waals surface area contributed by atoms with Gasteiger partial charge in [-0.25, -0.2) is 9.18 Å². The molecule has 4 rings (SSSR count). The Morgan fingerprint density at radius 1 is 1.07 bits per heavy atom. The molecule has 0 unspecified atom stereocenters. The summed E-state index contributed by atoms with van der Waals surface area (Å²) in [5, 5.41) is 1.82. The van der Waals surface area contributed by atoms with Gasteiger partial charge in [0.25, 0.3) is 0 Å². The first-order valence-electron chi connectivity index (χ1n) is 8.71. The Labute approximate surface area is 155 Å². The summed E-state index contributed by atoms with van der Waals surface area (Å²) in [5.41, 5.74) is -2.52. The van der Waals surface area contributed by atoms with Gasteiger partial charge in [-0.1, -0.05) is 48.5 Å². The first-order chi connectivity index (χ1) is 13.1. The van der Waals surface area contributed by atoms with Crippen LogP contribution >= 0.6 is 0 Å². The van der Waals surface area contributed by atoms with E-state index in [1.54, 1.807) is 37.3 Å². The monoisotopic (exact) mass is 364 g/mol. The van der Waals surface area contributed by atoms with E-state index in [4.69, 9.17) is 9.47 Å². The number of rotatable bonds is 3. The van der Waals surface area contributed by atoms with Crippen LogP contribution in [0.25, 0.3) is 10.8 Å². The molecule has 3 aromatic carbocycles. The number of para-hydroxylation sites is 1. The van der Waals surface area contributed by atoms with Gasteiger partial charge in [-0.15, -0.1) is 0 Å². The average molecular weight is 364 g/mol. The second-order valence-electron chi connectivity index (χ2n) is 6.36. The van der Waals surface area contributed by atoms with Gasteiger partial charge < -0.3 is 9.47 Å². The van der Waals surface area contributed by atoms with Crippen molar-refractivity contribution in [2.75, 3.05) is 6.61 Å². The summed E-state index contributed by atoms with van der Waals surface area (Å²) >= 11 is 0. The highest BCUT2D eigenvalue weighted by Crippen LogP contribution is 2.44. The third kappa shape index (κ3) is 2.67. The molecule has 0 radical (unpaired) electrons. The highest BCUT2D eigenvalue weighted by Gasteiger charge is 2.60. The van der Waals surface area contributed by atoms with Crippen molar-refractivity contribution in [3.05, 3.63) is 77.9 Å². The number of carbonyl (C=O) groups excluding carboxylic acids is 2. The lowest BCUT2D eigenvalue weighted by Gasteiger charge is -2.35. The van der Waals surface area contributed by atoms with Gasteiger partial charge in [0.05, 0.1) is 12.2 Å². The SMILES string of the molecule is CCOC(=O)[C@]1(F)C(=O)c2ccccc2O[C@@H]1c1ccc2ccccc2c1. The van der Waals surface area contributed by atoms with E-state index in [2.05, 4.69) is 0 Å². The summed E-state index contributed by atoms with van der Waals surface area (Å²) in [6, 6.07) is 19.1. The lowest BCUT2D eigenvalue weighted by Crippen LogP contribution is -2.53. The van der Waals surface area contributed by atoms with E-state index in [1.807, 2.05) is 30.3 Å². The molecule has 0 fully saturated rings. The Bertz CT molecular complexity index is 1050. The normalized spacial score (nSPS) is 21.4. The first-order valence-corrected chi connectivity index (χ1v) is 8.71. The maximum absolute atomic E-state index is 16.0. The van der Waals surface area contributed by atoms with Crippen molar-refractivity contribution in [2.45, 2.75) is 18.7 Å². The minimum Gasteiger partial charge on any atom is -0.480 e. The number of hydrogen-bond donors (Lipinski definition) is 0. The molecule has 1 aliphatic heterocycles. The van der Waals surface area contributed by atoms with Gasteiger partial charge >= 0.3 is 11.6 Å². The van der Waals surface area contributed by atoms with Crippen molar-refractivity contribution < 1.29 is 23.5 Å². The van der Waals surface area contributed by atoms with Gasteiger partial charge in [0.15, 0.2) is 6.10 Å². The molecule has 2 atom stereocenters. The van der Waals surface area contributed by atoms with Crippen LogP contribution in [0.1, 0.15) is 28.9 Å². The van der Waals surface area contributed by atoms with Crippen LogP contribution in [-0.4, -0.2) is 24.0 Å². The van der Waals surface area contributed by atoms with E-state index in [-0.39, 0.29) is 17.9 Å². The van der Waals surface area contributed by atoms with E-state index in [9.17, 15) is 9.59 Å². The summed E-state index contributed by atoms with van der Waals surface area (Å²) in [4.78, 5) is 25.4. The Hall–Kier alpha value is -3.21. The van der Waals surface area contributed by atoms with Crippen LogP contribution in [0.4, 0.5) is 4.39 Å². The van der Waals surface area contributed by atoms with E-state index in [0.29, 0.717) is 5.56 Å². The van der Waals surface area contributed by atoms with Gasteiger partial charge in [-0.2, -0.15) is 0 Å². The average Bonchev–Trinajstić information content (AvgIpc) is 2.70. The van der Waals surface area contributed by atoms with Crippen molar-refractivity contribution in [1.29, 1.82) is 0 Å². The fraction of sp³-hybridized carbons (Fsp3) is 0.182. The summed E-state index contributed by atoms with van der Waals surface area (Å²) in [6.07, 6.45) is -1.43. The third-order valence-electron chi connectivity index (χ3n) is 4.72. The molecule has 0 saturated heterocycles. The minimum atomic E-state index is -2.95. The number of alkyl halides is 1. The molecule has 0 spiro atoms. The molecule has 3 aromatic rings. The number of fused-ring (bicyclic) bond motifs is 2. The molecule has 27 heavy (non-hydrogen) atoms. The minimum absolute atomic E-state index is 0.0325. The van der Waals surface area contributed by atoms with Gasteiger partial charge in [-0.05, 0) is 41.5 Å². The molecule has 0 N–H and O–H groups in total. The molecule has 136 valence electrons. The second-order valence-corrected chi connectivity index (χ2v) is 6.36. The number of carbonyl (C=O) groups is 2. The molecule has 0 bridgehead atoms. The summed E-state index contributed by atoms with van der Waals surface area (Å²) in [7, 11) is 0. The quantitative estimate of drug-likeness (QED) is 0.510. The van der Waals surface area contributed by atoms with E-state index in [1.165, 1.54) is 6.07 Å². The summed E-state index contributed by atoms with van der Waals surface area (Å²) in [6.45, 7) is 1.53. The van der Waals surface area contributed by atoms with Gasteiger partial charge in [-0.3, -0.25) is 4.79 Å². The van der Waals surface area contributed by atoms with Gasteiger partial charge in [0.1, 0.15) is 5.75 Å². The van der Waals surface area contributed by atoms with E-state index < -0.39 is 23.5 Å². The van der Waals surface area contributed by atoms with Gasteiger partial charge in [0, 0.05) is 0 Å². The standard InChI is InChI=1S/C22H17FO4/c1-2-26-21(25)22(23)19(24)17-9-5-6-10-18(17)27-20(22)16-12-11-14-7-3-4-8-15(14)13-16/h3-13,20H,2H2,1H3/t20-,22+/m1/s1. The Balaban J connectivity index is 1.89. The lowest BCUT2D eigenvalue weighted by atomic mass is 9.82. The third-order valence-corrected chi connectivity index (χ3v) is 4.72. The number of esters is 1. The van der Waals surface area contributed by atoms with E-state index in [0.717, 1.165) is 10.8 Å². The van der Waals surface area contributed by atoms with Crippen LogP contribution in [0.5, 0.6) is 5.75 Å². The molecule has 1 aliphatic rings. The number of ketones is 1. The molecule has 0 aliphatic carbocycles. The molecule has 0 aromatic heterocycles. The summed E-state index contributed by atoms with van der Waals surface area (Å²) < 4.78 is 26.7. The van der Waals surface area contributed by atoms with Crippen molar-refractivity contribution in [3.63, 3.8) is 0 Å². The van der Waals surface area contributed by atoms with Crippen molar-refractivity contribution in [3.8, 4) is 5.75 Å². The Morgan fingerprint density at radius 3 is 2.56 bits per heavy atom. The van der Waals surface area contributed by atoms with Crippen LogP contribution in [0, 0.1) is 0 Å². The predicted molar refractivity (Wildman–Crippen MR) is 98.6 cm³/mol. The zero-order valence-electron chi connectivity index (χ0n) is 14.6. The lowest BCUT2D eigenvalue weighted by molar-refractivity contribution is -0.160. The zero-order chi connectivity index (χ0) is 19.0. The molecular formula is C22H17FO4. The van der Waals surface area contributed by atoms with Crippen LogP contribution in [0.3, 0.4) is 0 Å². The summed E-state index contributed by atoms with van der Waals surface area (Å²) in [5.74, 6) is -1.93. The highest BCUT2D eigenvalue weighted by atomic mass is 19.1. The number of ether oxygens (including phenoxy) is 2. The number of Topliss-reactive ketones (excluding diaryl/α,β-unsaturated/α-hetero) is 1. The van der Waals surface area contributed by atoms with Crippen molar-refractivity contribution in [2.24, 2.45) is 0 Å². The molecule has 1 heterocycles. The maximum atomic E-state index is 16.0. The first kappa shape index (κ1) is 17.2. The van der Waals surface area contributed by atoms with Gasteiger partial charge in [0.2, 0.25) is 5.78 Å². The topological polar surface area (TPSA) is 52.6 Å². The Kier molecular flexibility index (Phi) is 4.15. The Morgan fingerprint density at radius 2 is 1.78 bits per heavy atom. The van der Waals surface area contributed by atoms with E-state index >= 15 is 4.39 Å². The fourth-order valence-corrected chi connectivity index (χ4v) is 3.38. The molecular weight excluding hydrogens is 347 g/mol. The molecule has 0 amide bonds. The number of benzene rings is 3. The van der Waals surface area contributed by atoms with Crippen LogP contribution < -0.4 is 4.74 Å². The maximum Gasteiger partial charge on any atom is 0.356 e. The number of halogens is 1. The molecule has 0 saturated carbocycles. The molecule has 5 heteroatoms. The second kappa shape index (κ2) is 6.50. The fourth-order valence-electron chi connectivity index (χ4n) is 3.38. The van der Waals surface area contributed by atoms with Crippen LogP contribution in [0.15, 0.2) is 66.7 Å². The number of hydrogen-bond acceptors (Lipinski definition) is 4. The highest BCUT2D eigenvalue weighted by molar-refractivity contribution is 6.18.